The number of rotatable bonds is 11. The summed E-state index contributed by atoms with van der Waals surface area (Å²) in [7, 11) is 0.177. The fourth-order valence-electron chi connectivity index (χ4n) is 3.55. The van der Waals surface area contributed by atoms with Crippen molar-refractivity contribution in [3.8, 4) is 5.75 Å². The number of methoxy groups -OCH3 is 1. The maximum absolute atomic E-state index is 11.2. The minimum Gasteiger partial charge on any atom is -0.497 e. The molecule has 0 aliphatic carbocycles. The van der Waals surface area contributed by atoms with E-state index in [-0.39, 0.29) is 13.2 Å². The minimum absolute atomic E-state index is 0.0750. The van der Waals surface area contributed by atoms with Gasteiger partial charge in [0.2, 0.25) is 0 Å². The van der Waals surface area contributed by atoms with Gasteiger partial charge in [-0.15, -0.1) is 0 Å². The molecule has 0 bridgehead atoms. The third kappa shape index (κ3) is 6.76. The maximum atomic E-state index is 11.2. The molecule has 3 N–H and O–H groups in total. The first-order chi connectivity index (χ1) is 16.3. The lowest BCUT2D eigenvalue weighted by molar-refractivity contribution is 0.304. The van der Waals surface area contributed by atoms with Crippen molar-refractivity contribution in [3.05, 3.63) is 95.0 Å². The maximum Gasteiger partial charge on any atom is 0.118 e. The zero-order chi connectivity index (χ0) is 24.6. The van der Waals surface area contributed by atoms with Gasteiger partial charge in [0.1, 0.15) is 5.75 Å². The molecule has 0 saturated heterocycles. The summed E-state index contributed by atoms with van der Waals surface area (Å²) in [5.41, 5.74) is 2.66. The van der Waals surface area contributed by atoms with E-state index in [1.807, 2.05) is 61.7 Å². The van der Waals surface area contributed by atoms with Crippen molar-refractivity contribution in [2.24, 2.45) is 0 Å². The number of nitrogens with zero attached hydrogens (tertiary/aromatic N) is 2. The second-order valence-corrected chi connectivity index (χ2v) is 10.2. The van der Waals surface area contributed by atoms with Crippen LogP contribution in [-0.4, -0.2) is 53.0 Å². The number of aliphatic hydroxyl groups excluding tert-OH is 1. The summed E-state index contributed by atoms with van der Waals surface area (Å²) in [6.07, 6.45) is 4.11. The number of para-hydroxylation sites is 1. The van der Waals surface area contributed by atoms with Crippen molar-refractivity contribution in [2.45, 2.75) is 11.4 Å². The molecule has 0 aliphatic rings. The van der Waals surface area contributed by atoms with Gasteiger partial charge in [-0.3, -0.25) is 18.3 Å². The zero-order valence-corrected chi connectivity index (χ0v) is 20.9. The molecule has 0 unspecified atom stereocenters. The van der Waals surface area contributed by atoms with Crippen LogP contribution in [0.25, 0.3) is 6.08 Å². The highest BCUT2D eigenvalue weighted by Gasteiger charge is 2.27. The third-order valence-electron chi connectivity index (χ3n) is 5.28. The third-order valence-corrected chi connectivity index (χ3v) is 7.43. The molecule has 3 aromatic rings. The molecular weight excluding hydrogens is 472 g/mol. The van der Waals surface area contributed by atoms with Gasteiger partial charge in [-0.05, 0) is 60.6 Å². The van der Waals surface area contributed by atoms with Crippen molar-refractivity contribution >= 4 is 34.1 Å². The first kappa shape index (κ1) is 26.1. The van der Waals surface area contributed by atoms with E-state index >= 15 is 0 Å². The fourth-order valence-corrected chi connectivity index (χ4v) is 5.22. The molecule has 3 rings (SSSR count). The highest BCUT2D eigenvalue weighted by Crippen LogP contribution is 2.54. The number of hydrogen-bond acceptors (Lipinski definition) is 6. The van der Waals surface area contributed by atoms with Crippen LogP contribution in [0, 0.1) is 0 Å². The Labute approximate surface area is 208 Å². The molecule has 6 nitrogen and oxygen atoms in total. The molecule has 0 spiro atoms. The smallest absolute Gasteiger partial charge is 0.118 e. The van der Waals surface area contributed by atoms with Crippen molar-refractivity contribution in [3.63, 3.8) is 0 Å². The normalized spacial score (nSPS) is 12.3. The van der Waals surface area contributed by atoms with E-state index in [1.165, 1.54) is 4.31 Å². The van der Waals surface area contributed by atoms with Crippen LogP contribution in [0.15, 0.2) is 83.8 Å². The second kappa shape index (κ2) is 12.3. The summed E-state index contributed by atoms with van der Waals surface area (Å²) in [6, 6.07) is 21.9. The monoisotopic (exact) mass is 502 g/mol. The zero-order valence-electron chi connectivity index (χ0n) is 19.3. The van der Waals surface area contributed by atoms with Crippen molar-refractivity contribution in [1.82, 2.24) is 4.90 Å². The topological polar surface area (TPSA) is 76.4 Å². The molecule has 0 heterocycles. The van der Waals surface area contributed by atoms with E-state index in [9.17, 15) is 14.2 Å². The van der Waals surface area contributed by atoms with Crippen LogP contribution in [0.5, 0.6) is 5.75 Å². The van der Waals surface area contributed by atoms with Gasteiger partial charge in [0.15, 0.2) is 0 Å². The summed E-state index contributed by atoms with van der Waals surface area (Å²) >= 11 is 5.94. The van der Waals surface area contributed by atoms with E-state index in [0.717, 1.165) is 11.1 Å². The Kier molecular flexibility index (Phi) is 9.41. The van der Waals surface area contributed by atoms with Gasteiger partial charge in [0.05, 0.1) is 30.8 Å². The van der Waals surface area contributed by atoms with Gasteiger partial charge >= 0.3 is 0 Å². The van der Waals surface area contributed by atoms with Gasteiger partial charge in [-0.2, -0.15) is 0 Å². The first-order valence-electron chi connectivity index (χ1n) is 10.8. The molecule has 0 saturated carbocycles. The van der Waals surface area contributed by atoms with Crippen LogP contribution in [0.3, 0.4) is 0 Å². The summed E-state index contributed by atoms with van der Waals surface area (Å²) in [6.45, 7) is 1.14. The van der Waals surface area contributed by atoms with Crippen molar-refractivity contribution in [2.75, 3.05) is 38.2 Å². The Hall–Kier alpha value is -2.52. The van der Waals surface area contributed by atoms with E-state index in [0.29, 0.717) is 34.4 Å². The molecule has 34 heavy (non-hydrogen) atoms. The Morgan fingerprint density at radius 1 is 0.971 bits per heavy atom. The number of benzene rings is 3. The quantitative estimate of drug-likeness (QED) is 0.298. The lowest BCUT2D eigenvalue weighted by Gasteiger charge is -2.45. The molecule has 182 valence electrons. The molecule has 8 heteroatoms. The number of ether oxygens (including phenoxy) is 1. The van der Waals surface area contributed by atoms with Crippen molar-refractivity contribution < 1.29 is 18.9 Å². The number of halogens is 1. The fraction of sp³-hybridized carbons (Fsp3) is 0.231. The van der Waals surface area contributed by atoms with E-state index in [4.69, 9.17) is 16.3 Å². The van der Waals surface area contributed by atoms with Crippen LogP contribution in [0.2, 0.25) is 5.02 Å². The molecule has 0 amide bonds. The molecule has 0 aliphatic heterocycles. The average Bonchev–Trinajstić information content (AvgIpc) is 2.84. The van der Waals surface area contributed by atoms with Gasteiger partial charge < -0.3 is 9.84 Å². The van der Waals surface area contributed by atoms with Crippen LogP contribution in [0.1, 0.15) is 11.1 Å². The van der Waals surface area contributed by atoms with E-state index in [2.05, 4.69) is 11.0 Å². The second-order valence-electron chi connectivity index (χ2n) is 7.80. The van der Waals surface area contributed by atoms with E-state index < -0.39 is 10.8 Å². The summed E-state index contributed by atoms with van der Waals surface area (Å²) < 4.78 is 29.1. The first-order valence-corrected chi connectivity index (χ1v) is 12.7. The van der Waals surface area contributed by atoms with Crippen LogP contribution in [-0.2, 0) is 6.54 Å². The lowest BCUT2D eigenvalue weighted by Crippen LogP contribution is -2.32. The molecule has 0 fully saturated rings. The molecule has 3 aromatic carbocycles. The van der Waals surface area contributed by atoms with Gasteiger partial charge in [0, 0.05) is 18.1 Å². The molecule has 0 atom stereocenters. The Morgan fingerprint density at radius 3 is 2.29 bits per heavy atom. The van der Waals surface area contributed by atoms with Crippen LogP contribution in [0.4, 0.5) is 5.69 Å². The van der Waals surface area contributed by atoms with E-state index in [1.54, 1.807) is 31.4 Å². The Balaban J connectivity index is 1.79. The Bertz CT molecular complexity index is 1070. The molecule has 0 aromatic heterocycles. The molecular formula is C26H31ClN2O4S. The van der Waals surface area contributed by atoms with Gasteiger partial charge in [-0.25, -0.2) is 0 Å². The van der Waals surface area contributed by atoms with Crippen molar-refractivity contribution in [1.29, 1.82) is 0 Å². The van der Waals surface area contributed by atoms with Crippen LogP contribution < -0.4 is 9.04 Å². The summed E-state index contributed by atoms with van der Waals surface area (Å²) in [4.78, 5) is 2.48. The summed E-state index contributed by atoms with van der Waals surface area (Å²) in [5, 5.41) is 10.4. The highest BCUT2D eigenvalue weighted by atomic mass is 35.5. The minimum atomic E-state index is -3.38. The van der Waals surface area contributed by atoms with Gasteiger partial charge in [0.25, 0.3) is 0 Å². The van der Waals surface area contributed by atoms with Crippen LogP contribution >= 0.6 is 22.4 Å². The van der Waals surface area contributed by atoms with Gasteiger partial charge in [-0.1, -0.05) is 64.9 Å². The number of aliphatic hydroxyl groups is 1. The standard InChI is InChI=1S/C26H31ClN2O4S/c1-28(17-5-6-21-9-11-23(27)12-10-21)20-22-7-3-4-8-26(22)29(18-19-30)34(31,32)25-15-13-24(33-2)14-16-25/h3-16,30-32H,17-20H2,1-2H3/b6-5+. The SMILES string of the molecule is COc1ccc(S(O)(O)N(CCO)c2ccccc2CN(C)C/C=C/c2ccc(Cl)cc2)cc1. The average molecular weight is 503 g/mol. The highest BCUT2D eigenvalue weighted by molar-refractivity contribution is 8.25. The largest absolute Gasteiger partial charge is 0.497 e. The number of likely N-dealkylation sites (N-methyl/N-ethyl adjacent to an activating group) is 1. The predicted octanol–water partition coefficient (Wildman–Crippen LogP) is 6.02. The predicted molar refractivity (Wildman–Crippen MR) is 142 cm³/mol. The Morgan fingerprint density at radius 2 is 1.65 bits per heavy atom. The summed E-state index contributed by atoms with van der Waals surface area (Å²) in [5.74, 6) is 0.626. The number of anilines is 1. The lowest BCUT2D eigenvalue weighted by atomic mass is 10.1. The molecule has 0 radical (unpaired) electrons. The number of hydrogen-bond donors (Lipinski definition) is 3.